The predicted molar refractivity (Wildman–Crippen MR) is 82.1 cm³/mol. The summed E-state index contributed by atoms with van der Waals surface area (Å²) in [5.74, 6) is 1.10. The molecule has 0 heterocycles. The van der Waals surface area contributed by atoms with Gasteiger partial charge in [0.1, 0.15) is 11.5 Å². The average Bonchev–Trinajstić information content (AvgIpc) is 2.46. The Balaban J connectivity index is 2.36. The number of carbonyl (C=O) groups is 1. The smallest absolute Gasteiger partial charge is 0.193 e. The van der Waals surface area contributed by atoms with Crippen LogP contribution in [0, 0.1) is 0 Å². The molecule has 104 valence electrons. The van der Waals surface area contributed by atoms with E-state index in [9.17, 15) is 4.79 Å². The number of benzene rings is 2. The Hall–Kier alpha value is -1.52. The van der Waals surface area contributed by atoms with Crippen molar-refractivity contribution < 1.29 is 14.3 Å². The van der Waals surface area contributed by atoms with E-state index in [1.165, 1.54) is 7.11 Å². The van der Waals surface area contributed by atoms with Crippen LogP contribution >= 0.6 is 27.5 Å². The van der Waals surface area contributed by atoms with E-state index in [1.807, 2.05) is 0 Å². The molecule has 5 heteroatoms. The van der Waals surface area contributed by atoms with Crippen molar-refractivity contribution in [1.82, 2.24) is 0 Å². The fourth-order valence-corrected chi connectivity index (χ4v) is 2.58. The quantitative estimate of drug-likeness (QED) is 0.765. The van der Waals surface area contributed by atoms with E-state index in [0.717, 1.165) is 4.47 Å². The molecule has 0 radical (unpaired) electrons. The average molecular weight is 356 g/mol. The molecule has 0 saturated heterocycles. The second kappa shape index (κ2) is 6.29. The van der Waals surface area contributed by atoms with Gasteiger partial charge in [0.25, 0.3) is 0 Å². The molecular formula is C15H12BrClO3. The number of halogens is 2. The fourth-order valence-electron chi connectivity index (χ4n) is 1.78. The molecule has 20 heavy (non-hydrogen) atoms. The molecule has 0 aromatic heterocycles. The van der Waals surface area contributed by atoms with Crippen LogP contribution in [0.1, 0.15) is 15.9 Å². The number of ketones is 1. The summed E-state index contributed by atoms with van der Waals surface area (Å²) in [6.45, 7) is 0. The number of hydrogen-bond donors (Lipinski definition) is 0. The summed E-state index contributed by atoms with van der Waals surface area (Å²) in [4.78, 5) is 12.4. The standard InChI is InChI=1S/C15H12BrClO3/c1-19-13-5-3-9(7-11(13)16)15(18)10-4-6-14(20-2)12(17)8-10/h3-8H,1-2H3. The Labute approximate surface area is 130 Å². The number of rotatable bonds is 4. The van der Waals surface area contributed by atoms with E-state index in [-0.39, 0.29) is 5.78 Å². The van der Waals surface area contributed by atoms with Crippen molar-refractivity contribution in [3.05, 3.63) is 57.0 Å². The molecule has 2 aromatic carbocycles. The van der Waals surface area contributed by atoms with Crippen molar-refractivity contribution in [1.29, 1.82) is 0 Å². The SMILES string of the molecule is COc1ccc(C(=O)c2ccc(OC)c(Br)c2)cc1Cl. The van der Waals surface area contributed by atoms with E-state index in [1.54, 1.807) is 43.5 Å². The first-order valence-corrected chi connectivity index (χ1v) is 6.95. The van der Waals surface area contributed by atoms with Gasteiger partial charge in [0, 0.05) is 11.1 Å². The molecule has 3 nitrogen and oxygen atoms in total. The van der Waals surface area contributed by atoms with Gasteiger partial charge < -0.3 is 9.47 Å². The van der Waals surface area contributed by atoms with Crippen molar-refractivity contribution in [3.63, 3.8) is 0 Å². The molecule has 0 aliphatic carbocycles. The Morgan fingerprint density at radius 1 is 1.00 bits per heavy atom. The third kappa shape index (κ3) is 2.97. The van der Waals surface area contributed by atoms with Crippen molar-refractivity contribution in [2.75, 3.05) is 14.2 Å². The van der Waals surface area contributed by atoms with Crippen molar-refractivity contribution in [2.24, 2.45) is 0 Å². The number of carbonyl (C=O) groups excluding carboxylic acids is 1. The Bertz CT molecular complexity index is 600. The zero-order valence-electron chi connectivity index (χ0n) is 10.9. The summed E-state index contributed by atoms with van der Waals surface area (Å²) in [6.07, 6.45) is 0. The summed E-state index contributed by atoms with van der Waals surface area (Å²) >= 11 is 9.40. The molecule has 0 aliphatic heterocycles. The van der Waals surface area contributed by atoms with Crippen LogP contribution in [-0.2, 0) is 0 Å². The van der Waals surface area contributed by atoms with Gasteiger partial charge in [-0.3, -0.25) is 4.79 Å². The normalized spacial score (nSPS) is 10.2. The Kier molecular flexibility index (Phi) is 4.68. The maximum atomic E-state index is 12.4. The highest BCUT2D eigenvalue weighted by Crippen LogP contribution is 2.29. The van der Waals surface area contributed by atoms with Crippen molar-refractivity contribution in [2.45, 2.75) is 0 Å². The van der Waals surface area contributed by atoms with Gasteiger partial charge in [-0.05, 0) is 52.3 Å². The lowest BCUT2D eigenvalue weighted by Crippen LogP contribution is -2.02. The van der Waals surface area contributed by atoms with E-state index < -0.39 is 0 Å². The first-order valence-electron chi connectivity index (χ1n) is 5.78. The van der Waals surface area contributed by atoms with Gasteiger partial charge in [0.05, 0.1) is 23.7 Å². The first kappa shape index (κ1) is 14.9. The molecule has 0 fully saturated rings. The van der Waals surface area contributed by atoms with Gasteiger partial charge in [0.15, 0.2) is 5.78 Å². The minimum absolute atomic E-state index is 0.113. The zero-order chi connectivity index (χ0) is 14.7. The molecule has 2 aromatic rings. The van der Waals surface area contributed by atoms with Crippen LogP contribution in [-0.4, -0.2) is 20.0 Å². The summed E-state index contributed by atoms with van der Waals surface area (Å²) in [6, 6.07) is 10.1. The molecule has 0 unspecified atom stereocenters. The second-order valence-electron chi connectivity index (χ2n) is 4.03. The predicted octanol–water partition coefficient (Wildman–Crippen LogP) is 4.35. The molecule has 0 spiro atoms. The van der Waals surface area contributed by atoms with Gasteiger partial charge in [-0.15, -0.1) is 0 Å². The monoisotopic (exact) mass is 354 g/mol. The number of hydrogen-bond acceptors (Lipinski definition) is 3. The van der Waals surface area contributed by atoms with Crippen molar-refractivity contribution >= 4 is 33.3 Å². The lowest BCUT2D eigenvalue weighted by Gasteiger charge is -2.07. The van der Waals surface area contributed by atoms with Crippen LogP contribution in [0.4, 0.5) is 0 Å². The van der Waals surface area contributed by atoms with E-state index in [4.69, 9.17) is 21.1 Å². The highest BCUT2D eigenvalue weighted by Gasteiger charge is 2.13. The van der Waals surface area contributed by atoms with Crippen molar-refractivity contribution in [3.8, 4) is 11.5 Å². The van der Waals surface area contributed by atoms with Crippen LogP contribution in [0.25, 0.3) is 0 Å². The zero-order valence-corrected chi connectivity index (χ0v) is 13.3. The second-order valence-corrected chi connectivity index (χ2v) is 5.29. The third-order valence-corrected chi connectivity index (χ3v) is 3.74. The van der Waals surface area contributed by atoms with E-state index in [0.29, 0.717) is 27.6 Å². The molecule has 0 saturated carbocycles. The van der Waals surface area contributed by atoms with Crippen LogP contribution in [0.2, 0.25) is 5.02 Å². The molecule has 0 N–H and O–H groups in total. The van der Waals surface area contributed by atoms with E-state index >= 15 is 0 Å². The Morgan fingerprint density at radius 2 is 1.55 bits per heavy atom. The summed E-state index contributed by atoms with van der Waals surface area (Å²) in [5, 5.41) is 0.408. The molecule has 0 bridgehead atoms. The highest BCUT2D eigenvalue weighted by molar-refractivity contribution is 9.10. The largest absolute Gasteiger partial charge is 0.496 e. The maximum Gasteiger partial charge on any atom is 0.193 e. The van der Waals surface area contributed by atoms with Gasteiger partial charge in [0.2, 0.25) is 0 Å². The van der Waals surface area contributed by atoms with Gasteiger partial charge in [-0.1, -0.05) is 11.6 Å². The lowest BCUT2D eigenvalue weighted by atomic mass is 10.0. The molecular weight excluding hydrogens is 344 g/mol. The third-order valence-electron chi connectivity index (χ3n) is 2.83. The number of ether oxygens (including phenoxy) is 2. The van der Waals surface area contributed by atoms with Crippen LogP contribution in [0.15, 0.2) is 40.9 Å². The van der Waals surface area contributed by atoms with Gasteiger partial charge >= 0.3 is 0 Å². The number of methoxy groups -OCH3 is 2. The topological polar surface area (TPSA) is 35.5 Å². The fraction of sp³-hybridized carbons (Fsp3) is 0.133. The summed E-state index contributed by atoms with van der Waals surface area (Å²) in [5.41, 5.74) is 1.06. The van der Waals surface area contributed by atoms with Crippen LogP contribution in [0.5, 0.6) is 11.5 Å². The van der Waals surface area contributed by atoms with Crippen LogP contribution in [0.3, 0.4) is 0 Å². The summed E-state index contributed by atoms with van der Waals surface area (Å²) in [7, 11) is 3.11. The molecule has 2 rings (SSSR count). The summed E-state index contributed by atoms with van der Waals surface area (Å²) < 4.78 is 10.9. The maximum absolute atomic E-state index is 12.4. The minimum atomic E-state index is -0.113. The van der Waals surface area contributed by atoms with Gasteiger partial charge in [-0.25, -0.2) is 0 Å². The Morgan fingerprint density at radius 3 is 2.05 bits per heavy atom. The molecule has 0 atom stereocenters. The first-order chi connectivity index (χ1) is 9.56. The molecule has 0 amide bonds. The van der Waals surface area contributed by atoms with Gasteiger partial charge in [-0.2, -0.15) is 0 Å². The molecule has 0 aliphatic rings. The van der Waals surface area contributed by atoms with Crippen LogP contribution < -0.4 is 9.47 Å². The highest BCUT2D eigenvalue weighted by atomic mass is 79.9. The minimum Gasteiger partial charge on any atom is -0.496 e. The lowest BCUT2D eigenvalue weighted by molar-refractivity contribution is 0.103. The van der Waals surface area contributed by atoms with E-state index in [2.05, 4.69) is 15.9 Å².